The molecule has 0 aliphatic carbocycles. The highest BCUT2D eigenvalue weighted by atomic mass is 19.1. The van der Waals surface area contributed by atoms with Crippen LogP contribution in [0.25, 0.3) is 5.69 Å². The molecule has 7 heteroatoms. The number of amides is 1. The van der Waals surface area contributed by atoms with Crippen molar-refractivity contribution in [2.75, 3.05) is 42.9 Å². The summed E-state index contributed by atoms with van der Waals surface area (Å²) < 4.78 is 15.8. The van der Waals surface area contributed by atoms with Crippen molar-refractivity contribution in [3.8, 4) is 5.69 Å². The van der Waals surface area contributed by atoms with Crippen molar-refractivity contribution < 1.29 is 9.18 Å². The number of piperazine rings is 1. The number of para-hydroxylation sites is 1. The Balaban J connectivity index is 1.34. The Bertz CT molecular complexity index is 977. The topological polar surface area (TPSA) is 53.4 Å². The quantitative estimate of drug-likeness (QED) is 0.724. The second kappa shape index (κ2) is 8.45. The van der Waals surface area contributed by atoms with Crippen LogP contribution in [0.2, 0.25) is 0 Å². The molecule has 2 aromatic carbocycles. The lowest BCUT2D eigenvalue weighted by Gasteiger charge is -2.35. The number of anilines is 2. The van der Waals surface area contributed by atoms with Gasteiger partial charge in [0.2, 0.25) is 11.9 Å². The smallest absolute Gasteiger partial charge is 0.238 e. The highest BCUT2D eigenvalue weighted by Crippen LogP contribution is 2.20. The van der Waals surface area contributed by atoms with Gasteiger partial charge in [0, 0.05) is 44.3 Å². The van der Waals surface area contributed by atoms with Gasteiger partial charge in [-0.15, -0.1) is 0 Å². The number of rotatable bonds is 5. The van der Waals surface area contributed by atoms with Crippen LogP contribution in [0.4, 0.5) is 16.0 Å². The van der Waals surface area contributed by atoms with Gasteiger partial charge in [-0.1, -0.05) is 29.8 Å². The summed E-state index contributed by atoms with van der Waals surface area (Å²) in [5, 5.41) is 2.65. The molecule has 1 aliphatic rings. The zero-order valence-corrected chi connectivity index (χ0v) is 16.4. The van der Waals surface area contributed by atoms with Crippen molar-refractivity contribution >= 4 is 17.5 Å². The lowest BCUT2D eigenvalue weighted by Crippen LogP contribution is -2.49. The number of hydrogen-bond acceptors (Lipinski definition) is 4. The summed E-state index contributed by atoms with van der Waals surface area (Å²) in [5.74, 6) is 0.280. The Morgan fingerprint density at radius 2 is 1.79 bits per heavy atom. The number of benzene rings is 2. The zero-order chi connectivity index (χ0) is 20.2. The molecule has 6 nitrogen and oxygen atoms in total. The van der Waals surface area contributed by atoms with Crippen molar-refractivity contribution in [3.63, 3.8) is 0 Å². The predicted molar refractivity (Wildman–Crippen MR) is 112 cm³/mol. The Morgan fingerprint density at radius 3 is 2.52 bits per heavy atom. The molecular formula is C22H24FN5O. The molecule has 1 saturated heterocycles. The van der Waals surface area contributed by atoms with Crippen molar-refractivity contribution in [1.82, 2.24) is 14.5 Å². The molecular weight excluding hydrogens is 369 g/mol. The van der Waals surface area contributed by atoms with Crippen LogP contribution in [0.3, 0.4) is 0 Å². The number of nitrogens with one attached hydrogen (secondary N) is 1. The lowest BCUT2D eigenvalue weighted by molar-refractivity contribution is -0.117. The van der Waals surface area contributed by atoms with E-state index in [1.807, 2.05) is 12.4 Å². The van der Waals surface area contributed by atoms with Gasteiger partial charge in [0.1, 0.15) is 5.82 Å². The maximum Gasteiger partial charge on any atom is 0.238 e. The van der Waals surface area contributed by atoms with E-state index in [0.29, 0.717) is 0 Å². The van der Waals surface area contributed by atoms with Crippen LogP contribution in [0.5, 0.6) is 0 Å². The standard InChI is InChI=1S/C22H24FN5O/c1-17-6-8-18(9-7-17)28-11-10-24-22(28)27-14-12-26(13-15-27)16-21(29)25-20-5-3-2-4-19(20)23/h2-11H,12-16H2,1H3,(H,25,29). The van der Waals surface area contributed by atoms with Gasteiger partial charge in [-0.2, -0.15) is 0 Å². The fraction of sp³-hybridized carbons (Fsp3) is 0.273. The molecule has 3 aromatic rings. The highest BCUT2D eigenvalue weighted by Gasteiger charge is 2.22. The predicted octanol–water partition coefficient (Wildman–Crippen LogP) is 3.08. The molecule has 0 bridgehead atoms. The van der Waals surface area contributed by atoms with Gasteiger partial charge in [0.05, 0.1) is 12.2 Å². The molecule has 1 aromatic heterocycles. The summed E-state index contributed by atoms with van der Waals surface area (Å²) in [5.41, 5.74) is 2.52. The second-order valence-corrected chi connectivity index (χ2v) is 7.22. The molecule has 0 saturated carbocycles. The SMILES string of the molecule is Cc1ccc(-n2ccnc2N2CCN(CC(=O)Nc3ccccc3F)CC2)cc1. The fourth-order valence-electron chi connectivity index (χ4n) is 3.50. The minimum absolute atomic E-state index is 0.204. The second-order valence-electron chi connectivity index (χ2n) is 7.22. The monoisotopic (exact) mass is 393 g/mol. The summed E-state index contributed by atoms with van der Waals surface area (Å²) in [6, 6.07) is 14.6. The fourth-order valence-corrected chi connectivity index (χ4v) is 3.50. The highest BCUT2D eigenvalue weighted by molar-refractivity contribution is 5.92. The van der Waals surface area contributed by atoms with E-state index >= 15 is 0 Å². The van der Waals surface area contributed by atoms with E-state index < -0.39 is 5.82 Å². The van der Waals surface area contributed by atoms with E-state index in [9.17, 15) is 9.18 Å². The molecule has 0 atom stereocenters. The number of imidazole rings is 1. The molecule has 29 heavy (non-hydrogen) atoms. The molecule has 0 unspecified atom stereocenters. The van der Waals surface area contributed by atoms with E-state index in [-0.39, 0.29) is 18.1 Å². The zero-order valence-electron chi connectivity index (χ0n) is 16.4. The average Bonchev–Trinajstić information content (AvgIpc) is 3.21. The minimum atomic E-state index is -0.423. The first-order valence-electron chi connectivity index (χ1n) is 9.72. The van der Waals surface area contributed by atoms with Crippen LogP contribution in [0.1, 0.15) is 5.56 Å². The van der Waals surface area contributed by atoms with E-state index in [2.05, 4.69) is 55.9 Å². The first kappa shape index (κ1) is 19.1. The van der Waals surface area contributed by atoms with E-state index in [0.717, 1.165) is 37.8 Å². The lowest BCUT2D eigenvalue weighted by atomic mass is 10.2. The summed E-state index contributed by atoms with van der Waals surface area (Å²) in [4.78, 5) is 21.1. The van der Waals surface area contributed by atoms with Crippen LogP contribution in [0, 0.1) is 12.7 Å². The number of aromatic nitrogens is 2. The minimum Gasteiger partial charge on any atom is -0.339 e. The molecule has 1 N–H and O–H groups in total. The molecule has 1 amide bonds. The number of aryl methyl sites for hydroxylation is 1. The normalized spacial score (nSPS) is 14.8. The van der Waals surface area contributed by atoms with Gasteiger partial charge in [-0.25, -0.2) is 9.37 Å². The van der Waals surface area contributed by atoms with Crippen molar-refractivity contribution in [1.29, 1.82) is 0 Å². The Labute approximate surface area is 169 Å². The summed E-state index contributed by atoms with van der Waals surface area (Å²) in [7, 11) is 0. The molecule has 150 valence electrons. The maximum absolute atomic E-state index is 13.7. The summed E-state index contributed by atoms with van der Waals surface area (Å²) >= 11 is 0. The Hall–Kier alpha value is -3.19. The number of hydrogen-bond donors (Lipinski definition) is 1. The molecule has 1 fully saturated rings. The molecule has 2 heterocycles. The third kappa shape index (κ3) is 4.46. The number of carbonyl (C=O) groups is 1. The van der Waals surface area contributed by atoms with Gasteiger partial charge >= 0.3 is 0 Å². The van der Waals surface area contributed by atoms with Crippen LogP contribution >= 0.6 is 0 Å². The van der Waals surface area contributed by atoms with Gasteiger partial charge in [-0.05, 0) is 31.2 Å². The van der Waals surface area contributed by atoms with Crippen LogP contribution in [-0.2, 0) is 4.79 Å². The van der Waals surface area contributed by atoms with E-state index in [1.165, 1.54) is 11.6 Å². The van der Waals surface area contributed by atoms with Gasteiger partial charge in [-0.3, -0.25) is 14.3 Å². The van der Waals surface area contributed by atoms with Crippen molar-refractivity contribution in [2.45, 2.75) is 6.92 Å². The van der Waals surface area contributed by atoms with E-state index in [1.54, 1.807) is 18.2 Å². The summed E-state index contributed by atoms with van der Waals surface area (Å²) in [6.45, 7) is 5.34. The first-order chi connectivity index (χ1) is 14.1. The number of halogens is 1. The third-order valence-corrected chi connectivity index (χ3v) is 5.10. The van der Waals surface area contributed by atoms with Crippen molar-refractivity contribution in [2.24, 2.45) is 0 Å². The first-order valence-corrected chi connectivity index (χ1v) is 9.72. The molecule has 0 radical (unpaired) electrons. The Morgan fingerprint density at radius 1 is 1.07 bits per heavy atom. The summed E-state index contributed by atoms with van der Waals surface area (Å²) in [6.07, 6.45) is 3.78. The largest absolute Gasteiger partial charge is 0.339 e. The maximum atomic E-state index is 13.7. The van der Waals surface area contributed by atoms with E-state index in [4.69, 9.17) is 0 Å². The molecule has 1 aliphatic heterocycles. The van der Waals surface area contributed by atoms with Gasteiger partial charge < -0.3 is 10.2 Å². The average molecular weight is 393 g/mol. The Kier molecular flexibility index (Phi) is 5.57. The van der Waals surface area contributed by atoms with Crippen molar-refractivity contribution in [3.05, 3.63) is 72.3 Å². The van der Waals surface area contributed by atoms with Gasteiger partial charge in [0.25, 0.3) is 0 Å². The number of carbonyl (C=O) groups excluding carboxylic acids is 1. The molecule has 4 rings (SSSR count). The van der Waals surface area contributed by atoms with Gasteiger partial charge in [0.15, 0.2) is 0 Å². The third-order valence-electron chi connectivity index (χ3n) is 5.10. The van der Waals surface area contributed by atoms with Crippen LogP contribution in [-0.4, -0.2) is 53.1 Å². The van der Waals surface area contributed by atoms with Crippen LogP contribution < -0.4 is 10.2 Å². The number of nitrogens with zero attached hydrogens (tertiary/aromatic N) is 4. The molecule has 0 spiro atoms. The van der Waals surface area contributed by atoms with Crippen LogP contribution in [0.15, 0.2) is 60.9 Å².